The molecule has 1 aromatic rings. The normalized spacial score (nSPS) is 26.1. The minimum atomic E-state index is -5.08. The molecule has 0 radical (unpaired) electrons. The van der Waals surface area contributed by atoms with Crippen molar-refractivity contribution in [2.24, 2.45) is 0 Å². The van der Waals surface area contributed by atoms with E-state index in [1.807, 2.05) is 0 Å². The lowest BCUT2D eigenvalue weighted by atomic mass is 10.0. The highest BCUT2D eigenvalue weighted by molar-refractivity contribution is 7.88. The van der Waals surface area contributed by atoms with Crippen LogP contribution in [-0.2, 0) is 26.1 Å². The Hall–Kier alpha value is -1.21. The molecule has 0 aliphatic carbocycles. The average molecular weight is 430 g/mol. The Kier molecular flexibility index (Phi) is 7.25. The van der Waals surface area contributed by atoms with Crippen LogP contribution < -0.4 is 4.72 Å². The Morgan fingerprint density at radius 2 is 2.15 bits per heavy atom. The van der Waals surface area contributed by atoms with Crippen LogP contribution in [0.15, 0.2) is 16.8 Å². The van der Waals surface area contributed by atoms with Gasteiger partial charge in [-0.3, -0.25) is 4.90 Å². The number of ether oxygens (including phenoxy) is 1. The molecule has 1 aromatic heterocycles. The Bertz CT molecular complexity index is 724. The van der Waals surface area contributed by atoms with Crippen molar-refractivity contribution in [1.82, 2.24) is 9.62 Å². The first-order valence-corrected chi connectivity index (χ1v) is 10.9. The number of thiophene rings is 1. The number of nitrogens with zero attached hydrogens (tertiary/aromatic N) is 1. The van der Waals surface area contributed by atoms with E-state index in [2.05, 4.69) is 26.4 Å². The number of halogens is 3. The topological polar surface area (TPSA) is 95.9 Å². The summed E-state index contributed by atoms with van der Waals surface area (Å²) in [6, 6.07) is 2.32. The second-order valence-corrected chi connectivity index (χ2v) is 8.97. The van der Waals surface area contributed by atoms with Gasteiger partial charge in [0.25, 0.3) is 0 Å². The van der Waals surface area contributed by atoms with Gasteiger partial charge in [-0.25, -0.2) is 17.9 Å². The highest BCUT2D eigenvalue weighted by Crippen LogP contribution is 2.30. The first kappa shape index (κ1) is 22.1. The maximum absolute atomic E-state index is 11.5. The summed E-state index contributed by atoms with van der Waals surface area (Å²) in [5.41, 5.74) is 1.29. The molecule has 27 heavy (non-hydrogen) atoms. The molecule has 12 heteroatoms. The summed E-state index contributed by atoms with van der Waals surface area (Å²) < 4.78 is 63.3. The third kappa shape index (κ3) is 6.71. The standard InChI is InChI=1S/C13H20N2O3S2.C2HF3O2/c1-20(16,17)14-11-8-15(7-10-4-6-19-9-10)12-3-2-5-18-13(11)12;3-2(4,5)1(6)7/h4,6,9,11-14H,2-3,5,7-8H2,1H3;(H,6,7)/t11-,12-,13-;/m1./s1. The van der Waals surface area contributed by atoms with E-state index in [-0.39, 0.29) is 12.1 Å². The van der Waals surface area contributed by atoms with E-state index in [0.29, 0.717) is 6.04 Å². The van der Waals surface area contributed by atoms with Crippen LogP contribution >= 0.6 is 11.3 Å². The van der Waals surface area contributed by atoms with Gasteiger partial charge >= 0.3 is 12.1 Å². The van der Waals surface area contributed by atoms with E-state index >= 15 is 0 Å². The van der Waals surface area contributed by atoms with Gasteiger partial charge in [-0.1, -0.05) is 0 Å². The molecule has 2 fully saturated rings. The van der Waals surface area contributed by atoms with Crippen molar-refractivity contribution in [3.63, 3.8) is 0 Å². The van der Waals surface area contributed by atoms with Gasteiger partial charge in [0.05, 0.1) is 18.4 Å². The number of hydrogen-bond donors (Lipinski definition) is 2. The molecule has 2 N–H and O–H groups in total. The Morgan fingerprint density at radius 3 is 2.67 bits per heavy atom. The molecule has 3 heterocycles. The lowest BCUT2D eigenvalue weighted by Crippen LogP contribution is -2.47. The monoisotopic (exact) mass is 430 g/mol. The van der Waals surface area contributed by atoms with Crippen LogP contribution in [0.25, 0.3) is 0 Å². The first-order chi connectivity index (χ1) is 12.5. The molecule has 154 valence electrons. The molecular formula is C15H21F3N2O5S2. The molecule has 7 nitrogen and oxygen atoms in total. The van der Waals surface area contributed by atoms with Crippen molar-refractivity contribution in [2.45, 2.75) is 43.8 Å². The average Bonchev–Trinajstić information content (AvgIpc) is 3.15. The summed E-state index contributed by atoms with van der Waals surface area (Å²) in [6.07, 6.45) is -1.76. The highest BCUT2D eigenvalue weighted by atomic mass is 32.2. The zero-order valence-corrected chi connectivity index (χ0v) is 16.1. The van der Waals surface area contributed by atoms with Crippen LogP contribution in [-0.4, -0.2) is 68.2 Å². The van der Waals surface area contributed by atoms with Gasteiger partial charge in [0, 0.05) is 25.7 Å². The maximum atomic E-state index is 11.5. The van der Waals surface area contributed by atoms with Gasteiger partial charge in [0.2, 0.25) is 10.0 Å². The number of fused-ring (bicyclic) bond motifs is 1. The Balaban J connectivity index is 0.000000321. The number of sulfonamides is 1. The lowest BCUT2D eigenvalue weighted by Gasteiger charge is -2.32. The summed E-state index contributed by atoms with van der Waals surface area (Å²) in [6.45, 7) is 2.32. The molecule has 2 aliphatic heterocycles. The summed E-state index contributed by atoms with van der Waals surface area (Å²) in [5, 5.41) is 11.3. The molecule has 0 unspecified atom stereocenters. The van der Waals surface area contributed by atoms with Gasteiger partial charge in [-0.2, -0.15) is 24.5 Å². The van der Waals surface area contributed by atoms with Crippen LogP contribution in [0.5, 0.6) is 0 Å². The van der Waals surface area contributed by atoms with Crippen molar-refractivity contribution in [3.8, 4) is 0 Å². The predicted octanol–water partition coefficient (Wildman–Crippen LogP) is 1.66. The number of nitrogens with one attached hydrogen (secondary N) is 1. The van der Waals surface area contributed by atoms with E-state index in [4.69, 9.17) is 14.6 Å². The lowest BCUT2D eigenvalue weighted by molar-refractivity contribution is -0.192. The van der Waals surface area contributed by atoms with E-state index < -0.39 is 22.2 Å². The zero-order valence-electron chi connectivity index (χ0n) is 14.5. The number of carboxylic acid groups (broad SMARTS) is 1. The third-order valence-corrected chi connectivity index (χ3v) is 5.67. The van der Waals surface area contributed by atoms with Gasteiger partial charge in [-0.15, -0.1) is 0 Å². The van der Waals surface area contributed by atoms with Crippen molar-refractivity contribution in [2.75, 3.05) is 19.4 Å². The quantitative estimate of drug-likeness (QED) is 0.755. The molecule has 0 spiro atoms. The predicted molar refractivity (Wildman–Crippen MR) is 92.9 cm³/mol. The minimum absolute atomic E-state index is 0.0166. The molecule has 0 amide bonds. The van der Waals surface area contributed by atoms with Crippen molar-refractivity contribution < 1.29 is 36.2 Å². The Labute approximate surface area is 159 Å². The van der Waals surface area contributed by atoms with Crippen molar-refractivity contribution in [3.05, 3.63) is 22.4 Å². The second kappa shape index (κ2) is 8.86. The molecule has 0 bridgehead atoms. The van der Waals surface area contributed by atoms with Crippen LogP contribution in [0.1, 0.15) is 18.4 Å². The number of hydrogen-bond acceptors (Lipinski definition) is 6. The number of carbonyl (C=O) groups is 1. The molecule has 0 aromatic carbocycles. The summed E-state index contributed by atoms with van der Waals surface area (Å²) in [4.78, 5) is 11.3. The van der Waals surface area contributed by atoms with Gasteiger partial charge in [-0.05, 0) is 35.2 Å². The van der Waals surface area contributed by atoms with Crippen molar-refractivity contribution in [1.29, 1.82) is 0 Å². The number of aliphatic carboxylic acids is 1. The highest BCUT2D eigenvalue weighted by Gasteiger charge is 2.44. The summed E-state index contributed by atoms with van der Waals surface area (Å²) in [7, 11) is -3.20. The fourth-order valence-electron chi connectivity index (χ4n) is 3.23. The molecule has 3 atom stereocenters. The molecule has 2 saturated heterocycles. The molecule has 3 rings (SSSR count). The number of carboxylic acids is 1. The number of alkyl halides is 3. The van der Waals surface area contributed by atoms with E-state index in [1.165, 1.54) is 11.8 Å². The number of rotatable bonds is 4. The first-order valence-electron chi connectivity index (χ1n) is 8.11. The summed E-state index contributed by atoms with van der Waals surface area (Å²) in [5.74, 6) is -2.76. The van der Waals surface area contributed by atoms with Crippen LogP contribution in [0.4, 0.5) is 13.2 Å². The smallest absolute Gasteiger partial charge is 0.475 e. The van der Waals surface area contributed by atoms with E-state index in [9.17, 15) is 21.6 Å². The van der Waals surface area contributed by atoms with Gasteiger partial charge < -0.3 is 9.84 Å². The summed E-state index contributed by atoms with van der Waals surface area (Å²) >= 11 is 1.69. The van der Waals surface area contributed by atoms with Crippen LogP contribution in [0.3, 0.4) is 0 Å². The number of likely N-dealkylation sites (tertiary alicyclic amines) is 1. The minimum Gasteiger partial charge on any atom is -0.475 e. The molecule has 0 saturated carbocycles. The zero-order chi connectivity index (χ0) is 20.2. The second-order valence-electron chi connectivity index (χ2n) is 6.41. The van der Waals surface area contributed by atoms with Gasteiger partial charge in [0.15, 0.2) is 0 Å². The van der Waals surface area contributed by atoms with Crippen LogP contribution in [0, 0.1) is 0 Å². The van der Waals surface area contributed by atoms with Gasteiger partial charge in [0.1, 0.15) is 0 Å². The fourth-order valence-corrected chi connectivity index (χ4v) is 4.65. The fraction of sp³-hybridized carbons (Fsp3) is 0.667. The SMILES string of the molecule is CS(=O)(=O)N[C@@H]1CN(Cc2ccsc2)[C@@H]2CCCO[C@@H]21.O=C(O)C(F)(F)F. The molecule has 2 aliphatic rings. The van der Waals surface area contributed by atoms with Crippen LogP contribution in [0.2, 0.25) is 0 Å². The van der Waals surface area contributed by atoms with E-state index in [1.54, 1.807) is 11.3 Å². The maximum Gasteiger partial charge on any atom is 0.490 e. The van der Waals surface area contributed by atoms with Crippen molar-refractivity contribution >= 4 is 27.3 Å². The van der Waals surface area contributed by atoms with E-state index in [0.717, 1.165) is 32.5 Å². The Morgan fingerprint density at radius 1 is 1.48 bits per heavy atom. The molecular weight excluding hydrogens is 409 g/mol. The third-order valence-electron chi connectivity index (χ3n) is 4.20. The largest absolute Gasteiger partial charge is 0.490 e.